The number of aryl methyl sites for hydroxylation is 1. The maximum Gasteiger partial charge on any atom is 0.329 e. The lowest BCUT2D eigenvalue weighted by molar-refractivity contribution is -0.0233. The number of nitrogens with one attached hydrogen (secondary N) is 1. The molecular weight excluding hydrogens is 322 g/mol. The van der Waals surface area contributed by atoms with Crippen molar-refractivity contribution in [1.29, 1.82) is 0 Å². The molecule has 2 aromatic rings. The summed E-state index contributed by atoms with van der Waals surface area (Å²) in [6.07, 6.45) is -2.06. The Morgan fingerprint density at radius 3 is 2.62 bits per heavy atom. The first kappa shape index (κ1) is 16.5. The lowest BCUT2D eigenvalue weighted by Crippen LogP contribution is -2.36. The highest BCUT2D eigenvalue weighted by Gasteiger charge is 2.44. The molecule has 1 unspecified atom stereocenters. The van der Waals surface area contributed by atoms with Gasteiger partial charge in [0.25, 0.3) is 5.56 Å². The van der Waals surface area contributed by atoms with Crippen molar-refractivity contribution in [2.24, 2.45) is 0 Å². The lowest BCUT2D eigenvalue weighted by Gasteiger charge is -2.15. The highest BCUT2D eigenvalue weighted by atomic mass is 16.6. The minimum Gasteiger partial charge on any atom is -0.394 e. The van der Waals surface area contributed by atoms with Crippen LogP contribution in [0.5, 0.6) is 0 Å². The number of hydrogen-bond acceptors (Lipinski definition) is 8. The minimum atomic E-state index is -1.40. The summed E-state index contributed by atoms with van der Waals surface area (Å²) < 4.78 is 7.90. The van der Waals surface area contributed by atoms with Crippen molar-refractivity contribution in [3.8, 4) is 0 Å². The van der Waals surface area contributed by atoms with Crippen LogP contribution in [-0.4, -0.2) is 64.8 Å². The Kier molecular flexibility index (Phi) is 4.32. The molecule has 0 aromatic carbocycles. The Hall–Kier alpha value is -2.34. The highest BCUT2D eigenvalue weighted by molar-refractivity contribution is 5.14. The van der Waals surface area contributed by atoms with E-state index in [1.807, 2.05) is 0 Å². The standard InChI is InChI=1S/C13H17N5O6/c1-6-2-18(16-15-6)5-17-3-7(12(22)14-13(17)23)11-10(21)9(20)8(4-19)24-11/h2-3,8-11,19-21H,4-5H2,1H3,(H,14,22,23)/t8-,9?,10+,11+/m1/s1. The van der Waals surface area contributed by atoms with Gasteiger partial charge in [-0.1, -0.05) is 5.21 Å². The number of aromatic amines is 1. The summed E-state index contributed by atoms with van der Waals surface area (Å²) in [4.78, 5) is 26.1. The van der Waals surface area contributed by atoms with Crippen LogP contribution in [0, 0.1) is 6.92 Å². The fourth-order valence-corrected chi connectivity index (χ4v) is 2.61. The summed E-state index contributed by atoms with van der Waals surface area (Å²) in [5, 5.41) is 36.6. The topological polar surface area (TPSA) is 155 Å². The SMILES string of the molecule is Cc1cn(Cn2cc([C@@H]3O[C@H](CO)C(O)[C@@H]3O)c(=O)[nH]c2=O)nn1. The Bertz CT molecular complexity index is 842. The number of nitrogens with zero attached hydrogens (tertiary/aromatic N) is 4. The largest absolute Gasteiger partial charge is 0.394 e. The molecule has 3 heterocycles. The van der Waals surface area contributed by atoms with Crippen molar-refractivity contribution in [1.82, 2.24) is 24.5 Å². The third kappa shape index (κ3) is 2.89. The molecule has 4 N–H and O–H groups in total. The van der Waals surface area contributed by atoms with Gasteiger partial charge in [-0.15, -0.1) is 5.10 Å². The van der Waals surface area contributed by atoms with Crippen molar-refractivity contribution in [3.63, 3.8) is 0 Å². The molecule has 0 aliphatic carbocycles. The third-order valence-electron chi connectivity index (χ3n) is 3.84. The molecule has 4 atom stereocenters. The molecule has 11 nitrogen and oxygen atoms in total. The molecule has 1 fully saturated rings. The highest BCUT2D eigenvalue weighted by Crippen LogP contribution is 2.31. The van der Waals surface area contributed by atoms with Crippen LogP contribution in [0.15, 0.2) is 22.0 Å². The zero-order chi connectivity index (χ0) is 17.4. The quantitative estimate of drug-likeness (QED) is 0.462. The number of rotatable bonds is 4. The van der Waals surface area contributed by atoms with Gasteiger partial charge >= 0.3 is 5.69 Å². The van der Waals surface area contributed by atoms with E-state index in [0.29, 0.717) is 5.69 Å². The normalized spacial score (nSPS) is 26.8. The van der Waals surface area contributed by atoms with Crippen LogP contribution in [-0.2, 0) is 11.4 Å². The lowest BCUT2D eigenvalue weighted by atomic mass is 10.0. The molecule has 0 bridgehead atoms. The van der Waals surface area contributed by atoms with Gasteiger partial charge < -0.3 is 20.1 Å². The van der Waals surface area contributed by atoms with Crippen LogP contribution in [0.2, 0.25) is 0 Å². The van der Waals surface area contributed by atoms with Crippen molar-refractivity contribution < 1.29 is 20.1 Å². The van der Waals surface area contributed by atoms with E-state index < -0.39 is 42.3 Å². The second kappa shape index (κ2) is 6.28. The molecule has 24 heavy (non-hydrogen) atoms. The van der Waals surface area contributed by atoms with E-state index in [4.69, 9.17) is 9.84 Å². The predicted molar refractivity (Wildman–Crippen MR) is 78.2 cm³/mol. The third-order valence-corrected chi connectivity index (χ3v) is 3.84. The van der Waals surface area contributed by atoms with E-state index in [1.165, 1.54) is 15.4 Å². The molecule has 0 radical (unpaired) electrons. The fourth-order valence-electron chi connectivity index (χ4n) is 2.61. The summed E-state index contributed by atoms with van der Waals surface area (Å²) in [5.41, 5.74) is -0.769. The monoisotopic (exact) mass is 339 g/mol. The van der Waals surface area contributed by atoms with Crippen LogP contribution in [0.1, 0.15) is 17.4 Å². The smallest absolute Gasteiger partial charge is 0.329 e. The Morgan fingerprint density at radius 2 is 2.04 bits per heavy atom. The van der Waals surface area contributed by atoms with E-state index in [9.17, 15) is 19.8 Å². The molecule has 0 spiro atoms. The number of aliphatic hydroxyl groups is 3. The van der Waals surface area contributed by atoms with Crippen LogP contribution in [0.25, 0.3) is 0 Å². The van der Waals surface area contributed by atoms with E-state index in [1.54, 1.807) is 13.1 Å². The molecule has 0 amide bonds. The number of ether oxygens (including phenoxy) is 1. The van der Waals surface area contributed by atoms with Crippen molar-refractivity contribution in [2.75, 3.05) is 6.61 Å². The number of aliphatic hydroxyl groups excluding tert-OH is 3. The van der Waals surface area contributed by atoms with Gasteiger partial charge in [-0.3, -0.25) is 14.3 Å². The zero-order valence-electron chi connectivity index (χ0n) is 12.7. The molecule has 1 aliphatic rings. The maximum absolute atomic E-state index is 12.0. The van der Waals surface area contributed by atoms with Crippen LogP contribution in [0.4, 0.5) is 0 Å². The number of H-pyrrole nitrogens is 1. The molecule has 0 saturated carbocycles. The Labute approximate surface area is 134 Å². The van der Waals surface area contributed by atoms with Crippen LogP contribution in [0.3, 0.4) is 0 Å². The van der Waals surface area contributed by atoms with E-state index in [2.05, 4.69) is 15.3 Å². The summed E-state index contributed by atoms with van der Waals surface area (Å²) in [7, 11) is 0. The molecule has 3 rings (SSSR count). The minimum absolute atomic E-state index is 0.00174. The van der Waals surface area contributed by atoms with Gasteiger partial charge in [-0.25, -0.2) is 9.48 Å². The van der Waals surface area contributed by atoms with Gasteiger partial charge in [0.2, 0.25) is 0 Å². The van der Waals surface area contributed by atoms with E-state index in [0.717, 1.165) is 0 Å². The van der Waals surface area contributed by atoms with Crippen LogP contribution < -0.4 is 11.2 Å². The fraction of sp³-hybridized carbons (Fsp3) is 0.538. The molecule has 11 heteroatoms. The van der Waals surface area contributed by atoms with E-state index in [-0.39, 0.29) is 12.2 Å². The van der Waals surface area contributed by atoms with Gasteiger partial charge in [0.05, 0.1) is 24.1 Å². The average Bonchev–Trinajstić information content (AvgIpc) is 3.07. The summed E-state index contributed by atoms with van der Waals surface area (Å²) in [6, 6.07) is 0. The summed E-state index contributed by atoms with van der Waals surface area (Å²) >= 11 is 0. The first-order chi connectivity index (χ1) is 11.4. The number of aromatic nitrogens is 5. The van der Waals surface area contributed by atoms with Crippen molar-refractivity contribution in [2.45, 2.75) is 38.0 Å². The predicted octanol–water partition coefficient (Wildman–Crippen LogP) is -2.90. The van der Waals surface area contributed by atoms with Gasteiger partial charge in [0, 0.05) is 6.20 Å². The Balaban J connectivity index is 1.96. The van der Waals surface area contributed by atoms with Crippen molar-refractivity contribution in [3.05, 3.63) is 44.5 Å². The second-order valence-corrected chi connectivity index (χ2v) is 5.61. The molecule has 1 saturated heterocycles. The van der Waals surface area contributed by atoms with Gasteiger partial charge in [0.1, 0.15) is 31.1 Å². The molecule has 1 aliphatic heterocycles. The number of hydrogen-bond donors (Lipinski definition) is 4. The first-order valence-electron chi connectivity index (χ1n) is 7.23. The van der Waals surface area contributed by atoms with Crippen LogP contribution >= 0.6 is 0 Å². The average molecular weight is 339 g/mol. The first-order valence-corrected chi connectivity index (χ1v) is 7.23. The summed E-state index contributed by atoms with van der Waals surface area (Å²) in [6.45, 7) is 1.23. The Morgan fingerprint density at radius 1 is 1.29 bits per heavy atom. The van der Waals surface area contributed by atoms with E-state index >= 15 is 0 Å². The molecule has 2 aromatic heterocycles. The van der Waals surface area contributed by atoms with Gasteiger partial charge in [0.15, 0.2) is 0 Å². The van der Waals surface area contributed by atoms with Gasteiger partial charge in [-0.05, 0) is 6.92 Å². The maximum atomic E-state index is 12.0. The van der Waals surface area contributed by atoms with Gasteiger partial charge in [-0.2, -0.15) is 0 Å². The molecular formula is C13H17N5O6. The van der Waals surface area contributed by atoms with Crippen molar-refractivity contribution >= 4 is 0 Å². The molecule has 130 valence electrons. The second-order valence-electron chi connectivity index (χ2n) is 5.61. The summed E-state index contributed by atoms with van der Waals surface area (Å²) in [5.74, 6) is 0. The zero-order valence-corrected chi connectivity index (χ0v) is 12.7.